The van der Waals surface area contributed by atoms with Crippen LogP contribution in [-0.2, 0) is 27.2 Å². The van der Waals surface area contributed by atoms with Crippen molar-refractivity contribution in [3.05, 3.63) is 76.3 Å². The van der Waals surface area contributed by atoms with E-state index < -0.39 is 5.92 Å². The minimum atomic E-state index is -0.499. The maximum absolute atomic E-state index is 12.9. The number of carbonyl (C=O) groups excluding carboxylic acids is 3. The Morgan fingerprint density at radius 3 is 2.74 bits per heavy atom. The Kier molecular flexibility index (Phi) is 6.87. The highest BCUT2D eigenvalue weighted by Gasteiger charge is 2.33. The molecule has 2 aliphatic rings. The second kappa shape index (κ2) is 10.4. The van der Waals surface area contributed by atoms with E-state index in [1.165, 1.54) is 5.56 Å². The van der Waals surface area contributed by atoms with Crippen LogP contribution in [0.5, 0.6) is 5.75 Å². The fourth-order valence-electron chi connectivity index (χ4n) is 4.37. The standard InChI is InChI=1S/C26H25N3O5S/c30-21-13-17(25(32)27-14-22-19-9-5-4-6-16(19)10-11-33-22)12-20-24(21)35-26(28-20)29-23(31)15-34-18-7-2-1-3-8-18/h1-9,17,22H,10-15H2,(H,27,32)(H,28,29,31)/t17-,22-/m0/s1. The van der Waals surface area contributed by atoms with E-state index in [4.69, 9.17) is 9.47 Å². The zero-order valence-electron chi connectivity index (χ0n) is 19.0. The molecule has 0 unspecified atom stereocenters. The number of thiazole rings is 1. The van der Waals surface area contributed by atoms with E-state index in [9.17, 15) is 14.4 Å². The average molecular weight is 492 g/mol. The van der Waals surface area contributed by atoms with Crippen LogP contribution in [0.25, 0.3) is 0 Å². The summed E-state index contributed by atoms with van der Waals surface area (Å²) in [6.07, 6.45) is 1.13. The third kappa shape index (κ3) is 5.41. The van der Waals surface area contributed by atoms with Crippen LogP contribution in [0.15, 0.2) is 54.6 Å². The van der Waals surface area contributed by atoms with Crippen molar-refractivity contribution in [3.63, 3.8) is 0 Å². The fourth-order valence-corrected chi connectivity index (χ4v) is 5.33. The van der Waals surface area contributed by atoms with Gasteiger partial charge in [-0.2, -0.15) is 0 Å². The summed E-state index contributed by atoms with van der Waals surface area (Å²) >= 11 is 1.14. The first-order valence-corrected chi connectivity index (χ1v) is 12.4. The van der Waals surface area contributed by atoms with Crippen molar-refractivity contribution >= 4 is 34.1 Å². The number of benzene rings is 2. The van der Waals surface area contributed by atoms with E-state index >= 15 is 0 Å². The minimum absolute atomic E-state index is 0.119. The van der Waals surface area contributed by atoms with Crippen LogP contribution in [0.4, 0.5) is 5.13 Å². The number of hydrogen-bond donors (Lipinski definition) is 2. The van der Waals surface area contributed by atoms with Crippen LogP contribution >= 0.6 is 11.3 Å². The summed E-state index contributed by atoms with van der Waals surface area (Å²) in [6.45, 7) is 0.805. The van der Waals surface area contributed by atoms with Gasteiger partial charge in [0, 0.05) is 19.4 Å². The topological polar surface area (TPSA) is 107 Å². The molecule has 3 aromatic rings. The lowest BCUT2D eigenvalue weighted by Gasteiger charge is -2.27. The van der Waals surface area contributed by atoms with Gasteiger partial charge in [-0.25, -0.2) is 4.98 Å². The molecule has 2 heterocycles. The molecular formula is C26H25N3O5S. The molecule has 1 aliphatic carbocycles. The quantitative estimate of drug-likeness (QED) is 0.525. The highest BCUT2D eigenvalue weighted by molar-refractivity contribution is 7.17. The number of ketones is 1. The summed E-state index contributed by atoms with van der Waals surface area (Å²) in [7, 11) is 0. The summed E-state index contributed by atoms with van der Waals surface area (Å²) < 4.78 is 11.3. The molecule has 0 spiro atoms. The number of nitrogens with zero attached hydrogens (tertiary/aromatic N) is 1. The first-order valence-electron chi connectivity index (χ1n) is 11.5. The number of hydrogen-bond acceptors (Lipinski definition) is 7. The van der Waals surface area contributed by atoms with E-state index in [1.807, 2.05) is 36.4 Å². The van der Waals surface area contributed by atoms with Crippen molar-refractivity contribution in [1.29, 1.82) is 0 Å². The van der Waals surface area contributed by atoms with Gasteiger partial charge in [0.05, 0.1) is 23.1 Å². The van der Waals surface area contributed by atoms with Crippen LogP contribution in [0.2, 0.25) is 0 Å². The van der Waals surface area contributed by atoms with Crippen molar-refractivity contribution in [3.8, 4) is 5.75 Å². The van der Waals surface area contributed by atoms with Crippen molar-refractivity contribution in [2.75, 3.05) is 25.1 Å². The zero-order valence-corrected chi connectivity index (χ0v) is 19.8. The first-order chi connectivity index (χ1) is 17.1. The van der Waals surface area contributed by atoms with Crippen LogP contribution in [0.3, 0.4) is 0 Å². The summed E-state index contributed by atoms with van der Waals surface area (Å²) in [5.74, 6) is -0.600. The Labute approximate surface area is 206 Å². The Hall–Kier alpha value is -3.56. The number of aromatic nitrogens is 1. The molecular weight excluding hydrogens is 466 g/mol. The van der Waals surface area contributed by atoms with Crippen molar-refractivity contribution in [2.24, 2.45) is 5.92 Å². The second-order valence-corrected chi connectivity index (χ2v) is 9.53. The molecule has 2 aromatic carbocycles. The van der Waals surface area contributed by atoms with Crippen molar-refractivity contribution < 1.29 is 23.9 Å². The molecule has 0 bridgehead atoms. The smallest absolute Gasteiger partial charge is 0.264 e. The summed E-state index contributed by atoms with van der Waals surface area (Å²) in [6, 6.07) is 17.1. The summed E-state index contributed by atoms with van der Waals surface area (Å²) in [4.78, 5) is 42.7. The van der Waals surface area contributed by atoms with E-state index in [-0.39, 0.29) is 36.7 Å². The Morgan fingerprint density at radius 1 is 1.09 bits per heavy atom. The predicted molar refractivity (Wildman–Crippen MR) is 131 cm³/mol. The van der Waals surface area contributed by atoms with E-state index in [0.717, 1.165) is 23.3 Å². The van der Waals surface area contributed by atoms with Gasteiger partial charge in [0.15, 0.2) is 17.5 Å². The predicted octanol–water partition coefficient (Wildman–Crippen LogP) is 3.34. The highest BCUT2D eigenvalue weighted by Crippen LogP contribution is 2.33. The molecule has 1 aromatic heterocycles. The second-order valence-electron chi connectivity index (χ2n) is 8.53. The van der Waals surface area contributed by atoms with Gasteiger partial charge >= 0.3 is 0 Å². The molecule has 2 amide bonds. The zero-order chi connectivity index (χ0) is 24.2. The average Bonchev–Trinajstić information content (AvgIpc) is 3.29. The molecule has 1 aliphatic heterocycles. The molecule has 2 atom stereocenters. The molecule has 8 nitrogen and oxygen atoms in total. The number of para-hydroxylation sites is 1. The molecule has 5 rings (SSSR count). The maximum Gasteiger partial charge on any atom is 0.264 e. The minimum Gasteiger partial charge on any atom is -0.484 e. The SMILES string of the molecule is O=C(COc1ccccc1)Nc1nc2c(s1)C(=O)C[C@@H](C(=O)NC[C@@H]1OCCc3ccccc31)C2. The number of fused-ring (bicyclic) bond motifs is 2. The van der Waals surface area contributed by atoms with Gasteiger partial charge in [0.2, 0.25) is 5.91 Å². The van der Waals surface area contributed by atoms with Crippen LogP contribution in [0, 0.1) is 5.92 Å². The Morgan fingerprint density at radius 2 is 1.89 bits per heavy atom. The summed E-state index contributed by atoms with van der Waals surface area (Å²) in [5, 5.41) is 5.98. The van der Waals surface area contributed by atoms with Gasteiger partial charge < -0.3 is 14.8 Å². The molecule has 9 heteroatoms. The number of Topliss-reactive ketones (excluding diaryl/α,β-unsaturated/α-hetero) is 1. The van der Waals surface area contributed by atoms with Crippen LogP contribution in [0.1, 0.15) is 39.0 Å². The monoisotopic (exact) mass is 491 g/mol. The highest BCUT2D eigenvalue weighted by atomic mass is 32.1. The Bertz CT molecular complexity index is 1240. The lowest BCUT2D eigenvalue weighted by molar-refractivity contribution is -0.125. The van der Waals surface area contributed by atoms with E-state index in [2.05, 4.69) is 21.7 Å². The number of nitrogens with one attached hydrogen (secondary N) is 2. The van der Waals surface area contributed by atoms with Crippen LogP contribution < -0.4 is 15.4 Å². The van der Waals surface area contributed by atoms with Gasteiger partial charge in [-0.1, -0.05) is 53.8 Å². The fraction of sp³-hybridized carbons (Fsp3) is 0.308. The largest absolute Gasteiger partial charge is 0.484 e. The molecule has 0 saturated heterocycles. The van der Waals surface area contributed by atoms with Gasteiger partial charge in [-0.05, 0) is 29.7 Å². The molecule has 0 radical (unpaired) electrons. The maximum atomic E-state index is 12.9. The van der Waals surface area contributed by atoms with Gasteiger partial charge in [0.1, 0.15) is 11.9 Å². The van der Waals surface area contributed by atoms with E-state index in [0.29, 0.717) is 41.0 Å². The van der Waals surface area contributed by atoms with Gasteiger partial charge in [0.25, 0.3) is 5.91 Å². The molecule has 2 N–H and O–H groups in total. The number of anilines is 1. The van der Waals surface area contributed by atoms with Gasteiger partial charge in [-0.15, -0.1) is 0 Å². The third-order valence-electron chi connectivity index (χ3n) is 6.11. The lowest BCUT2D eigenvalue weighted by atomic mass is 9.89. The first kappa shape index (κ1) is 23.2. The normalized spacial score (nSPS) is 18.8. The number of carbonyl (C=O) groups is 3. The summed E-state index contributed by atoms with van der Waals surface area (Å²) in [5.41, 5.74) is 2.88. The Balaban J connectivity index is 1.16. The van der Waals surface area contributed by atoms with Crippen molar-refractivity contribution in [1.82, 2.24) is 10.3 Å². The van der Waals surface area contributed by atoms with Crippen molar-refractivity contribution in [2.45, 2.75) is 25.4 Å². The molecule has 0 saturated carbocycles. The van der Waals surface area contributed by atoms with E-state index in [1.54, 1.807) is 12.1 Å². The van der Waals surface area contributed by atoms with Gasteiger partial charge in [-0.3, -0.25) is 19.7 Å². The molecule has 0 fully saturated rings. The molecule has 180 valence electrons. The van der Waals surface area contributed by atoms with Crippen LogP contribution in [-0.4, -0.2) is 42.3 Å². The third-order valence-corrected chi connectivity index (χ3v) is 7.16. The number of amides is 2. The number of rotatable bonds is 7. The molecule has 35 heavy (non-hydrogen) atoms. The lowest BCUT2D eigenvalue weighted by Crippen LogP contribution is -2.38. The number of ether oxygens (including phenoxy) is 2.